The molecule has 0 N–H and O–H groups in total. The Labute approximate surface area is 214 Å². The molecule has 0 bridgehead atoms. The van der Waals surface area contributed by atoms with Crippen LogP contribution >= 0.6 is 27.5 Å². The number of sulfonamides is 1. The average Bonchev–Trinajstić information content (AvgIpc) is 2.83. The maximum Gasteiger partial charge on any atom is 0.278 e. The lowest BCUT2D eigenvalue weighted by Crippen LogP contribution is -2.40. The van der Waals surface area contributed by atoms with Crippen molar-refractivity contribution in [3.8, 4) is 5.75 Å². The predicted molar refractivity (Wildman–Crippen MR) is 140 cm³/mol. The van der Waals surface area contributed by atoms with E-state index in [1.54, 1.807) is 18.2 Å². The number of nitrogens with zero attached hydrogens (tertiary/aromatic N) is 1. The maximum atomic E-state index is 13.5. The van der Waals surface area contributed by atoms with Gasteiger partial charge in [0.15, 0.2) is 6.61 Å². The SMILES string of the molecule is CCCCc1ccc(N(C(=O)COc2ccc(Br)cc2CC)S(=O)(=O)c2ccc(Cl)cc2)cc1. The summed E-state index contributed by atoms with van der Waals surface area (Å²) in [7, 11) is -4.19. The fourth-order valence-corrected chi connectivity index (χ4v) is 5.42. The van der Waals surface area contributed by atoms with Gasteiger partial charge >= 0.3 is 0 Å². The third kappa shape index (κ3) is 6.40. The van der Waals surface area contributed by atoms with Crippen LogP contribution in [-0.2, 0) is 27.7 Å². The number of ether oxygens (including phenoxy) is 1. The van der Waals surface area contributed by atoms with Crippen molar-refractivity contribution in [3.05, 3.63) is 87.4 Å². The Bertz CT molecular complexity index is 1230. The third-order valence-corrected chi connectivity index (χ3v) is 7.83. The Balaban J connectivity index is 1.94. The molecule has 0 unspecified atom stereocenters. The van der Waals surface area contributed by atoms with Crippen LogP contribution in [-0.4, -0.2) is 20.9 Å². The van der Waals surface area contributed by atoms with Crippen LogP contribution in [0.3, 0.4) is 0 Å². The molecule has 0 atom stereocenters. The van der Waals surface area contributed by atoms with Crippen molar-refractivity contribution >= 4 is 49.1 Å². The molecule has 0 fully saturated rings. The van der Waals surface area contributed by atoms with Gasteiger partial charge in [-0.15, -0.1) is 0 Å². The minimum atomic E-state index is -4.19. The van der Waals surface area contributed by atoms with E-state index in [4.69, 9.17) is 16.3 Å². The van der Waals surface area contributed by atoms with Gasteiger partial charge in [0.1, 0.15) is 5.75 Å². The second-order valence-electron chi connectivity index (χ2n) is 7.78. The van der Waals surface area contributed by atoms with E-state index in [0.29, 0.717) is 17.2 Å². The van der Waals surface area contributed by atoms with E-state index >= 15 is 0 Å². The highest BCUT2D eigenvalue weighted by atomic mass is 79.9. The van der Waals surface area contributed by atoms with Gasteiger partial charge in [-0.25, -0.2) is 8.42 Å². The molecule has 0 aliphatic heterocycles. The summed E-state index contributed by atoms with van der Waals surface area (Å²) in [5.41, 5.74) is 2.26. The Morgan fingerprint density at radius 3 is 2.29 bits per heavy atom. The van der Waals surface area contributed by atoms with Crippen molar-refractivity contribution in [3.63, 3.8) is 0 Å². The average molecular weight is 565 g/mol. The molecule has 0 radical (unpaired) electrons. The van der Waals surface area contributed by atoms with Crippen molar-refractivity contribution < 1.29 is 17.9 Å². The lowest BCUT2D eigenvalue weighted by atomic mass is 10.1. The van der Waals surface area contributed by atoms with Crippen LogP contribution < -0.4 is 9.04 Å². The van der Waals surface area contributed by atoms with E-state index in [9.17, 15) is 13.2 Å². The summed E-state index contributed by atoms with van der Waals surface area (Å²) in [5, 5.41) is 0.405. The van der Waals surface area contributed by atoms with Crippen LogP contribution in [0.2, 0.25) is 5.02 Å². The van der Waals surface area contributed by atoms with Gasteiger partial charge in [0.2, 0.25) is 0 Å². The quantitative estimate of drug-likeness (QED) is 0.271. The molecule has 0 heterocycles. The fraction of sp³-hybridized carbons (Fsp3) is 0.269. The second-order valence-corrected chi connectivity index (χ2v) is 10.9. The van der Waals surface area contributed by atoms with Gasteiger partial charge in [-0.3, -0.25) is 4.79 Å². The highest BCUT2D eigenvalue weighted by molar-refractivity contribution is 9.10. The minimum Gasteiger partial charge on any atom is -0.483 e. The van der Waals surface area contributed by atoms with Gasteiger partial charge in [-0.1, -0.05) is 59.9 Å². The van der Waals surface area contributed by atoms with E-state index in [0.717, 1.165) is 39.2 Å². The number of anilines is 1. The number of halogens is 2. The summed E-state index contributed by atoms with van der Waals surface area (Å²) in [5.74, 6) is -0.154. The van der Waals surface area contributed by atoms with Crippen molar-refractivity contribution in [2.24, 2.45) is 0 Å². The number of amides is 1. The van der Waals surface area contributed by atoms with E-state index < -0.39 is 22.5 Å². The molecule has 0 saturated heterocycles. The summed E-state index contributed by atoms with van der Waals surface area (Å²) in [6, 6.07) is 18.3. The summed E-state index contributed by atoms with van der Waals surface area (Å²) in [6.45, 7) is 3.66. The van der Waals surface area contributed by atoms with Crippen LogP contribution in [0.1, 0.15) is 37.8 Å². The Morgan fingerprint density at radius 1 is 1.00 bits per heavy atom. The topological polar surface area (TPSA) is 63.7 Å². The predicted octanol–water partition coefficient (Wildman–Crippen LogP) is 6.81. The van der Waals surface area contributed by atoms with Gasteiger partial charge < -0.3 is 4.74 Å². The number of carbonyl (C=O) groups excluding carboxylic acids is 1. The van der Waals surface area contributed by atoms with Gasteiger partial charge in [0.05, 0.1) is 10.6 Å². The van der Waals surface area contributed by atoms with Gasteiger partial charge in [-0.05, 0) is 85.0 Å². The van der Waals surface area contributed by atoms with Crippen LogP contribution in [0, 0.1) is 0 Å². The molecule has 1 amide bonds. The number of carbonyl (C=O) groups is 1. The molecule has 0 saturated carbocycles. The Hall–Kier alpha value is -2.35. The van der Waals surface area contributed by atoms with Crippen molar-refractivity contribution in [2.75, 3.05) is 10.9 Å². The Kier molecular flexibility index (Phi) is 9.17. The number of aryl methyl sites for hydroxylation is 2. The number of rotatable bonds is 10. The lowest BCUT2D eigenvalue weighted by molar-refractivity contribution is -0.119. The zero-order valence-electron chi connectivity index (χ0n) is 19.1. The zero-order chi connectivity index (χ0) is 24.7. The summed E-state index contributed by atoms with van der Waals surface area (Å²) in [6.07, 6.45) is 3.69. The largest absolute Gasteiger partial charge is 0.483 e. The van der Waals surface area contributed by atoms with E-state index in [1.165, 1.54) is 24.3 Å². The zero-order valence-corrected chi connectivity index (χ0v) is 22.3. The minimum absolute atomic E-state index is 0.0294. The standard InChI is InChI=1S/C26H27BrClNO4S/c1-3-5-6-19-7-12-23(13-8-19)29(34(31,32)24-14-10-22(28)11-15-24)26(30)18-33-25-16-9-21(27)17-20(25)4-2/h7-17H,3-6,18H2,1-2H3. The summed E-state index contributed by atoms with van der Waals surface area (Å²) in [4.78, 5) is 13.3. The molecular weight excluding hydrogens is 538 g/mol. The molecule has 0 aliphatic rings. The maximum absolute atomic E-state index is 13.5. The third-order valence-electron chi connectivity index (χ3n) is 5.32. The van der Waals surface area contributed by atoms with Gasteiger partial charge in [-0.2, -0.15) is 4.31 Å². The van der Waals surface area contributed by atoms with E-state index in [2.05, 4.69) is 22.9 Å². The molecule has 3 aromatic rings. The number of benzene rings is 3. The molecule has 180 valence electrons. The first-order chi connectivity index (χ1) is 16.3. The van der Waals surface area contributed by atoms with Crippen molar-refractivity contribution in [1.82, 2.24) is 0 Å². The number of hydrogen-bond donors (Lipinski definition) is 0. The molecule has 5 nitrogen and oxygen atoms in total. The first kappa shape index (κ1) is 26.3. The normalized spacial score (nSPS) is 11.3. The molecule has 34 heavy (non-hydrogen) atoms. The smallest absolute Gasteiger partial charge is 0.278 e. The first-order valence-electron chi connectivity index (χ1n) is 11.1. The lowest BCUT2D eigenvalue weighted by Gasteiger charge is -2.23. The first-order valence-corrected chi connectivity index (χ1v) is 13.7. The summed E-state index contributed by atoms with van der Waals surface area (Å²) < 4.78 is 34.5. The van der Waals surface area contributed by atoms with Crippen LogP contribution in [0.5, 0.6) is 5.75 Å². The number of hydrogen-bond acceptors (Lipinski definition) is 4. The summed E-state index contributed by atoms with van der Waals surface area (Å²) >= 11 is 9.37. The van der Waals surface area contributed by atoms with Gasteiger partial charge in [0, 0.05) is 9.50 Å². The molecule has 0 aromatic heterocycles. The van der Waals surface area contributed by atoms with Crippen LogP contribution in [0.15, 0.2) is 76.1 Å². The van der Waals surface area contributed by atoms with Crippen LogP contribution in [0.25, 0.3) is 0 Å². The molecular formula is C26H27BrClNO4S. The van der Waals surface area contributed by atoms with Crippen molar-refractivity contribution in [1.29, 1.82) is 0 Å². The van der Waals surface area contributed by atoms with E-state index in [-0.39, 0.29) is 10.6 Å². The molecule has 8 heteroatoms. The molecule has 3 rings (SSSR count). The molecule has 0 aliphatic carbocycles. The fourth-order valence-electron chi connectivity index (χ4n) is 3.47. The second kappa shape index (κ2) is 11.9. The van der Waals surface area contributed by atoms with Crippen molar-refractivity contribution in [2.45, 2.75) is 44.4 Å². The van der Waals surface area contributed by atoms with E-state index in [1.807, 2.05) is 31.2 Å². The van der Waals surface area contributed by atoms with Crippen LogP contribution in [0.4, 0.5) is 5.69 Å². The monoisotopic (exact) mass is 563 g/mol. The van der Waals surface area contributed by atoms with Gasteiger partial charge in [0.25, 0.3) is 15.9 Å². The Morgan fingerprint density at radius 2 is 1.68 bits per heavy atom. The molecule has 0 spiro atoms. The molecule has 3 aromatic carbocycles. The highest BCUT2D eigenvalue weighted by Crippen LogP contribution is 2.27. The highest BCUT2D eigenvalue weighted by Gasteiger charge is 2.31. The number of unbranched alkanes of at least 4 members (excludes halogenated alkanes) is 1.